The average molecular weight is 394 g/mol. The molecule has 0 spiro atoms. The molecule has 2 aliphatic rings. The van der Waals surface area contributed by atoms with E-state index in [1.54, 1.807) is 22.7 Å². The number of hydrogen-bond donors (Lipinski definition) is 0. The Morgan fingerprint density at radius 1 is 1.07 bits per heavy atom. The van der Waals surface area contributed by atoms with E-state index < -0.39 is 0 Å². The zero-order chi connectivity index (χ0) is 18.8. The van der Waals surface area contributed by atoms with E-state index in [0.717, 1.165) is 26.4 Å². The number of nitrogens with zero attached hydrogens (tertiary/aromatic N) is 3. The van der Waals surface area contributed by atoms with E-state index in [2.05, 4.69) is 23.6 Å². The number of thioether (sulfide) groups is 2. The zero-order valence-corrected chi connectivity index (χ0v) is 16.6. The molecule has 4 nitrogen and oxygen atoms in total. The summed E-state index contributed by atoms with van der Waals surface area (Å²) in [5.41, 5.74) is 2.25. The highest BCUT2D eigenvalue weighted by Crippen LogP contribution is 2.49. The zero-order valence-electron chi connectivity index (χ0n) is 15.0. The SMILES string of the molecule is C=CCN1C(=O)/C(=C2/Sc3ccccc3N2C)SC1=NCc1ccccc1. The van der Waals surface area contributed by atoms with E-state index in [0.29, 0.717) is 13.1 Å². The van der Waals surface area contributed by atoms with Crippen molar-refractivity contribution in [2.45, 2.75) is 11.4 Å². The Bertz CT molecular complexity index is 953. The molecule has 0 N–H and O–H groups in total. The first kappa shape index (κ1) is 17.9. The summed E-state index contributed by atoms with van der Waals surface area (Å²) in [4.78, 5) is 23.5. The number of amidine groups is 1. The largest absolute Gasteiger partial charge is 0.337 e. The van der Waals surface area contributed by atoms with Crippen molar-refractivity contribution in [3.05, 3.63) is 82.7 Å². The number of fused-ring (bicyclic) bond motifs is 1. The van der Waals surface area contributed by atoms with Gasteiger partial charge in [-0.05, 0) is 29.5 Å². The topological polar surface area (TPSA) is 35.9 Å². The van der Waals surface area contributed by atoms with E-state index in [1.165, 1.54) is 16.7 Å². The van der Waals surface area contributed by atoms with Gasteiger partial charge in [-0.2, -0.15) is 0 Å². The van der Waals surface area contributed by atoms with Gasteiger partial charge in [0, 0.05) is 18.5 Å². The Hall–Kier alpha value is -2.44. The maximum Gasteiger partial charge on any atom is 0.269 e. The summed E-state index contributed by atoms with van der Waals surface area (Å²) in [6.45, 7) is 4.80. The van der Waals surface area contributed by atoms with Gasteiger partial charge in [0.25, 0.3) is 5.91 Å². The van der Waals surface area contributed by atoms with Gasteiger partial charge in [-0.25, -0.2) is 0 Å². The second-order valence-electron chi connectivity index (χ2n) is 6.15. The minimum absolute atomic E-state index is 0.00568. The predicted octanol–water partition coefficient (Wildman–Crippen LogP) is 4.72. The van der Waals surface area contributed by atoms with Crippen molar-refractivity contribution in [3.63, 3.8) is 0 Å². The van der Waals surface area contributed by atoms with Crippen LogP contribution in [0.4, 0.5) is 5.69 Å². The van der Waals surface area contributed by atoms with Crippen LogP contribution in [0.3, 0.4) is 0 Å². The number of amides is 1. The molecule has 1 fully saturated rings. The van der Waals surface area contributed by atoms with Crippen molar-refractivity contribution in [1.82, 2.24) is 4.90 Å². The Balaban J connectivity index is 1.66. The first-order chi connectivity index (χ1) is 13.2. The van der Waals surface area contributed by atoms with E-state index >= 15 is 0 Å². The highest BCUT2D eigenvalue weighted by Gasteiger charge is 2.38. The van der Waals surface area contributed by atoms with Gasteiger partial charge in [0.2, 0.25) is 0 Å². The fraction of sp³-hybridized carbons (Fsp3) is 0.143. The number of rotatable bonds is 4. The van der Waals surface area contributed by atoms with Crippen LogP contribution in [0, 0.1) is 0 Å². The molecule has 2 aromatic carbocycles. The predicted molar refractivity (Wildman–Crippen MR) is 115 cm³/mol. The molecule has 0 bridgehead atoms. The third kappa shape index (κ3) is 3.42. The molecule has 2 aliphatic heterocycles. The third-order valence-electron chi connectivity index (χ3n) is 4.35. The van der Waals surface area contributed by atoms with Crippen LogP contribution < -0.4 is 4.90 Å². The smallest absolute Gasteiger partial charge is 0.269 e. The van der Waals surface area contributed by atoms with Crippen molar-refractivity contribution >= 4 is 40.3 Å². The molecule has 6 heteroatoms. The maximum atomic E-state index is 13.1. The number of carbonyl (C=O) groups excluding carboxylic acids is 1. The summed E-state index contributed by atoms with van der Waals surface area (Å²) >= 11 is 3.09. The first-order valence-electron chi connectivity index (χ1n) is 8.63. The molecule has 4 rings (SSSR count). The molecule has 0 aromatic heterocycles. The van der Waals surface area contributed by atoms with Gasteiger partial charge in [-0.15, -0.1) is 6.58 Å². The van der Waals surface area contributed by atoms with Crippen LogP contribution in [-0.2, 0) is 11.3 Å². The average Bonchev–Trinajstić information content (AvgIpc) is 3.19. The van der Waals surface area contributed by atoms with Crippen molar-refractivity contribution in [1.29, 1.82) is 0 Å². The Kier molecular flexibility index (Phi) is 5.09. The lowest BCUT2D eigenvalue weighted by Gasteiger charge is -2.15. The highest BCUT2D eigenvalue weighted by molar-refractivity contribution is 8.19. The molecule has 0 atom stereocenters. The third-order valence-corrected chi connectivity index (χ3v) is 6.82. The minimum atomic E-state index is -0.00568. The Labute approximate surface area is 167 Å². The van der Waals surface area contributed by atoms with E-state index in [-0.39, 0.29) is 5.91 Å². The van der Waals surface area contributed by atoms with Crippen LogP contribution in [0.15, 0.2) is 87.1 Å². The van der Waals surface area contributed by atoms with Gasteiger partial charge in [0.1, 0.15) is 4.91 Å². The molecule has 0 radical (unpaired) electrons. The molecule has 136 valence electrons. The first-order valence-corrected chi connectivity index (χ1v) is 10.3. The highest BCUT2D eigenvalue weighted by atomic mass is 32.2. The Morgan fingerprint density at radius 2 is 1.81 bits per heavy atom. The molecule has 0 saturated carbocycles. The number of para-hydroxylation sites is 1. The van der Waals surface area contributed by atoms with Gasteiger partial charge in [-0.1, -0.05) is 60.3 Å². The number of aliphatic imine (C=N–C) groups is 1. The number of benzene rings is 2. The van der Waals surface area contributed by atoms with E-state index in [1.807, 2.05) is 49.5 Å². The summed E-state index contributed by atoms with van der Waals surface area (Å²) in [5, 5.41) is 1.70. The summed E-state index contributed by atoms with van der Waals surface area (Å²) in [5.74, 6) is -0.00568. The van der Waals surface area contributed by atoms with E-state index in [9.17, 15) is 4.79 Å². The van der Waals surface area contributed by atoms with Crippen molar-refractivity contribution < 1.29 is 4.79 Å². The van der Waals surface area contributed by atoms with E-state index in [4.69, 9.17) is 4.99 Å². The molecular weight excluding hydrogens is 374 g/mol. The molecule has 27 heavy (non-hydrogen) atoms. The molecule has 0 unspecified atom stereocenters. The van der Waals surface area contributed by atoms with Crippen LogP contribution in [0.5, 0.6) is 0 Å². The van der Waals surface area contributed by atoms with Crippen LogP contribution in [0.2, 0.25) is 0 Å². The van der Waals surface area contributed by atoms with Crippen LogP contribution in [-0.4, -0.2) is 29.6 Å². The van der Waals surface area contributed by atoms with Gasteiger partial charge in [0.15, 0.2) is 5.17 Å². The van der Waals surface area contributed by atoms with Crippen molar-refractivity contribution in [2.75, 3.05) is 18.5 Å². The molecule has 2 heterocycles. The van der Waals surface area contributed by atoms with Gasteiger partial charge in [0.05, 0.1) is 17.3 Å². The van der Waals surface area contributed by atoms with Gasteiger partial charge < -0.3 is 4.90 Å². The lowest BCUT2D eigenvalue weighted by molar-refractivity contribution is -0.121. The standard InChI is InChI=1S/C21H19N3OS2/c1-3-13-24-19(25)18(20-23(2)16-11-7-8-12-17(16)26-20)27-21(24)22-14-15-9-5-4-6-10-15/h3-12H,1,13-14H2,2H3/b20-18-,22-21?. The second kappa shape index (κ2) is 7.66. The number of anilines is 1. The summed E-state index contributed by atoms with van der Waals surface area (Å²) in [6, 6.07) is 18.3. The monoisotopic (exact) mass is 393 g/mol. The summed E-state index contributed by atoms with van der Waals surface area (Å²) in [7, 11) is 2.01. The van der Waals surface area contributed by atoms with Crippen LogP contribution in [0.1, 0.15) is 5.56 Å². The fourth-order valence-electron chi connectivity index (χ4n) is 2.99. The minimum Gasteiger partial charge on any atom is -0.337 e. The quantitative estimate of drug-likeness (QED) is 0.556. The Morgan fingerprint density at radius 3 is 2.56 bits per heavy atom. The number of hydrogen-bond acceptors (Lipinski definition) is 5. The lowest BCUT2D eigenvalue weighted by atomic mass is 10.2. The molecule has 2 aromatic rings. The van der Waals surface area contributed by atoms with Crippen molar-refractivity contribution in [3.8, 4) is 0 Å². The normalized spacial score (nSPS) is 20.5. The van der Waals surface area contributed by atoms with Gasteiger partial charge in [-0.3, -0.25) is 14.7 Å². The maximum absolute atomic E-state index is 13.1. The molecule has 0 aliphatic carbocycles. The van der Waals surface area contributed by atoms with Gasteiger partial charge >= 0.3 is 0 Å². The van der Waals surface area contributed by atoms with Crippen LogP contribution in [0.25, 0.3) is 0 Å². The molecule has 1 amide bonds. The van der Waals surface area contributed by atoms with Crippen LogP contribution >= 0.6 is 23.5 Å². The summed E-state index contributed by atoms with van der Waals surface area (Å²) in [6.07, 6.45) is 1.74. The second-order valence-corrected chi connectivity index (χ2v) is 8.16. The molecular formula is C21H19N3OS2. The lowest BCUT2D eigenvalue weighted by Crippen LogP contribution is -2.29. The number of carbonyl (C=O) groups is 1. The fourth-order valence-corrected chi connectivity index (χ4v) is 5.32. The summed E-state index contributed by atoms with van der Waals surface area (Å²) < 4.78 is 0. The molecule has 1 saturated heterocycles. The van der Waals surface area contributed by atoms with Crippen molar-refractivity contribution in [2.24, 2.45) is 4.99 Å².